The normalized spacial score (nSPS) is 12.4. The molecule has 0 radical (unpaired) electrons. The minimum Gasteiger partial charge on any atom is -0.480 e. The van der Waals surface area contributed by atoms with Crippen molar-refractivity contribution in [3.05, 3.63) is 40.2 Å². The fraction of sp³-hybridized carbons (Fsp3) is 0.200. The molecule has 1 unspecified atom stereocenters. The first-order valence-electron chi connectivity index (χ1n) is 4.46. The number of methoxy groups -OCH3 is 1. The van der Waals surface area contributed by atoms with Crippen LogP contribution in [0.4, 0.5) is 0 Å². The van der Waals surface area contributed by atoms with Gasteiger partial charge < -0.3 is 10.5 Å². The third-order valence-corrected chi connectivity index (χ3v) is 2.79. The molecule has 0 aromatic carbocycles. The van der Waals surface area contributed by atoms with Gasteiger partial charge in [-0.05, 0) is 28.5 Å². The zero-order valence-corrected chi connectivity index (χ0v) is 9.07. The maximum Gasteiger partial charge on any atom is 0.233 e. The molecule has 0 spiro atoms. The van der Waals surface area contributed by atoms with Gasteiger partial charge >= 0.3 is 0 Å². The van der Waals surface area contributed by atoms with E-state index in [4.69, 9.17) is 10.5 Å². The Morgan fingerprint density at radius 2 is 2.20 bits per heavy atom. The second-order valence-electron chi connectivity index (χ2n) is 3.03. The number of aromatic nitrogens is 2. The number of thiophene rings is 1. The first-order valence-corrected chi connectivity index (χ1v) is 5.41. The molecule has 2 rings (SSSR count). The van der Waals surface area contributed by atoms with E-state index in [1.807, 2.05) is 22.9 Å². The Bertz CT molecular complexity index is 413. The molecule has 2 aromatic rings. The van der Waals surface area contributed by atoms with Crippen molar-refractivity contribution in [3.63, 3.8) is 0 Å². The molecule has 15 heavy (non-hydrogen) atoms. The molecule has 1 atom stereocenters. The highest BCUT2D eigenvalue weighted by Gasteiger charge is 2.11. The van der Waals surface area contributed by atoms with Gasteiger partial charge in [-0.2, -0.15) is 11.3 Å². The molecule has 0 amide bonds. The van der Waals surface area contributed by atoms with E-state index in [9.17, 15) is 0 Å². The minimum absolute atomic E-state index is 0.213. The summed E-state index contributed by atoms with van der Waals surface area (Å²) in [5, 5.41) is 11.9. The van der Waals surface area contributed by atoms with Crippen LogP contribution in [0.3, 0.4) is 0 Å². The van der Waals surface area contributed by atoms with Crippen LogP contribution < -0.4 is 10.5 Å². The van der Waals surface area contributed by atoms with Crippen LogP contribution in [0.25, 0.3) is 0 Å². The highest BCUT2D eigenvalue weighted by atomic mass is 32.1. The fourth-order valence-electron chi connectivity index (χ4n) is 1.23. The molecule has 0 saturated heterocycles. The molecule has 2 heterocycles. The van der Waals surface area contributed by atoms with Crippen molar-refractivity contribution in [3.8, 4) is 5.88 Å². The van der Waals surface area contributed by atoms with Crippen LogP contribution >= 0.6 is 11.3 Å². The van der Waals surface area contributed by atoms with Crippen molar-refractivity contribution < 1.29 is 4.74 Å². The van der Waals surface area contributed by atoms with Gasteiger partial charge in [0.2, 0.25) is 5.88 Å². The summed E-state index contributed by atoms with van der Waals surface area (Å²) in [7, 11) is 1.56. The number of hydrogen-bond acceptors (Lipinski definition) is 5. The Labute approximate surface area is 91.7 Å². The number of hydrogen-bond donors (Lipinski definition) is 1. The zero-order chi connectivity index (χ0) is 10.7. The van der Waals surface area contributed by atoms with Gasteiger partial charge in [0, 0.05) is 6.07 Å². The van der Waals surface area contributed by atoms with E-state index in [0.717, 1.165) is 11.3 Å². The first-order chi connectivity index (χ1) is 7.31. The highest BCUT2D eigenvalue weighted by Crippen LogP contribution is 2.20. The van der Waals surface area contributed by atoms with Crippen molar-refractivity contribution in [1.82, 2.24) is 10.2 Å². The molecule has 78 valence electrons. The second-order valence-corrected chi connectivity index (χ2v) is 3.81. The molecule has 0 aliphatic carbocycles. The van der Waals surface area contributed by atoms with E-state index in [0.29, 0.717) is 5.88 Å². The van der Waals surface area contributed by atoms with Gasteiger partial charge in [-0.15, -0.1) is 10.2 Å². The minimum atomic E-state index is -0.213. The summed E-state index contributed by atoms with van der Waals surface area (Å²) >= 11 is 1.62. The van der Waals surface area contributed by atoms with Crippen LogP contribution in [-0.4, -0.2) is 17.3 Å². The summed E-state index contributed by atoms with van der Waals surface area (Å²) in [6.07, 6.45) is 0. The average molecular weight is 221 g/mol. The summed E-state index contributed by atoms with van der Waals surface area (Å²) in [6.45, 7) is 0. The van der Waals surface area contributed by atoms with Gasteiger partial charge in [0.1, 0.15) is 0 Å². The second kappa shape index (κ2) is 4.37. The number of nitrogens with two attached hydrogens (primary N) is 1. The van der Waals surface area contributed by atoms with Crippen molar-refractivity contribution in [1.29, 1.82) is 0 Å². The molecule has 4 nitrogen and oxygen atoms in total. The van der Waals surface area contributed by atoms with E-state index < -0.39 is 0 Å². The topological polar surface area (TPSA) is 61.0 Å². The largest absolute Gasteiger partial charge is 0.480 e. The Kier molecular flexibility index (Phi) is 2.94. The Morgan fingerprint density at radius 3 is 2.73 bits per heavy atom. The molecule has 0 aliphatic rings. The lowest BCUT2D eigenvalue weighted by Gasteiger charge is -2.08. The van der Waals surface area contributed by atoms with Crippen LogP contribution in [0, 0.1) is 0 Å². The molecule has 0 bridgehead atoms. The number of rotatable bonds is 3. The van der Waals surface area contributed by atoms with Crippen molar-refractivity contribution >= 4 is 11.3 Å². The van der Waals surface area contributed by atoms with Gasteiger partial charge in [0.05, 0.1) is 18.8 Å². The summed E-state index contributed by atoms with van der Waals surface area (Å²) < 4.78 is 4.93. The predicted molar refractivity (Wildman–Crippen MR) is 58.9 cm³/mol. The van der Waals surface area contributed by atoms with E-state index >= 15 is 0 Å². The lowest BCUT2D eigenvalue weighted by molar-refractivity contribution is 0.390. The van der Waals surface area contributed by atoms with Crippen LogP contribution in [0.1, 0.15) is 17.3 Å². The molecule has 2 N–H and O–H groups in total. The lowest BCUT2D eigenvalue weighted by Crippen LogP contribution is -2.13. The van der Waals surface area contributed by atoms with Crippen LogP contribution in [0.15, 0.2) is 29.0 Å². The zero-order valence-electron chi connectivity index (χ0n) is 8.25. The summed E-state index contributed by atoms with van der Waals surface area (Å²) in [5.74, 6) is 0.497. The van der Waals surface area contributed by atoms with Crippen molar-refractivity contribution in [2.75, 3.05) is 7.11 Å². The van der Waals surface area contributed by atoms with Gasteiger partial charge in [-0.3, -0.25) is 0 Å². The van der Waals surface area contributed by atoms with E-state index in [-0.39, 0.29) is 6.04 Å². The third-order valence-electron chi connectivity index (χ3n) is 2.09. The first kappa shape index (κ1) is 10.1. The monoisotopic (exact) mass is 221 g/mol. The fourth-order valence-corrected chi connectivity index (χ4v) is 1.92. The maximum atomic E-state index is 6.02. The van der Waals surface area contributed by atoms with Crippen LogP contribution in [-0.2, 0) is 0 Å². The third kappa shape index (κ3) is 2.14. The van der Waals surface area contributed by atoms with Crippen LogP contribution in [0.2, 0.25) is 0 Å². The van der Waals surface area contributed by atoms with E-state index in [1.54, 1.807) is 24.5 Å². The van der Waals surface area contributed by atoms with Crippen molar-refractivity contribution in [2.24, 2.45) is 5.73 Å². The number of ether oxygens (including phenoxy) is 1. The Morgan fingerprint density at radius 1 is 1.33 bits per heavy atom. The lowest BCUT2D eigenvalue weighted by atomic mass is 10.1. The molecule has 5 heteroatoms. The number of nitrogens with zero attached hydrogens (tertiary/aromatic N) is 2. The molecular formula is C10H11N3OS. The molecule has 0 fully saturated rings. The highest BCUT2D eigenvalue weighted by molar-refractivity contribution is 7.07. The standard InChI is InChI=1S/C10H11N3OS/c1-14-9-3-2-8(12-13-9)10(11)7-4-5-15-6-7/h2-6,10H,11H2,1H3. The van der Waals surface area contributed by atoms with Crippen molar-refractivity contribution in [2.45, 2.75) is 6.04 Å². The van der Waals surface area contributed by atoms with E-state index in [1.165, 1.54) is 0 Å². The molecule has 0 aliphatic heterocycles. The van der Waals surface area contributed by atoms with Gasteiger partial charge in [-0.25, -0.2) is 0 Å². The Hall–Kier alpha value is -1.46. The van der Waals surface area contributed by atoms with Crippen LogP contribution in [0.5, 0.6) is 5.88 Å². The summed E-state index contributed by atoms with van der Waals surface area (Å²) in [6, 6.07) is 5.36. The smallest absolute Gasteiger partial charge is 0.233 e. The predicted octanol–water partition coefficient (Wildman–Crippen LogP) is 1.59. The molecule has 2 aromatic heterocycles. The van der Waals surface area contributed by atoms with Gasteiger partial charge in [-0.1, -0.05) is 0 Å². The van der Waals surface area contributed by atoms with Gasteiger partial charge in [0.25, 0.3) is 0 Å². The quantitative estimate of drug-likeness (QED) is 0.855. The maximum absolute atomic E-state index is 6.02. The summed E-state index contributed by atoms with van der Waals surface area (Å²) in [4.78, 5) is 0. The summed E-state index contributed by atoms with van der Waals surface area (Å²) in [5.41, 5.74) is 7.82. The molecule has 0 saturated carbocycles. The molecular weight excluding hydrogens is 210 g/mol. The van der Waals surface area contributed by atoms with E-state index in [2.05, 4.69) is 10.2 Å². The Balaban J connectivity index is 2.22. The van der Waals surface area contributed by atoms with Gasteiger partial charge in [0.15, 0.2) is 0 Å². The SMILES string of the molecule is COc1ccc(C(N)c2ccsc2)nn1. The average Bonchev–Trinajstić information content (AvgIpc) is 2.82.